The molecule has 7 heteroatoms. The standard InChI is InChI=1S/C25H22F2N2O2S/c1-16-14-19(24(31)28-13-12-17-4-2-3-5-21(17)27)8-11-22(16)29-23(30)15-32-25(29)18-6-9-20(26)10-7-18/h2-11,14,25H,12-13,15H2,1H3,(H,28,31). The summed E-state index contributed by atoms with van der Waals surface area (Å²) in [5.74, 6) is -0.565. The molecule has 1 saturated heterocycles. The zero-order valence-electron chi connectivity index (χ0n) is 17.5. The fraction of sp³-hybridized carbons (Fsp3) is 0.200. The Morgan fingerprint density at radius 1 is 1.09 bits per heavy atom. The van der Waals surface area contributed by atoms with Crippen molar-refractivity contribution in [2.75, 3.05) is 17.2 Å². The summed E-state index contributed by atoms with van der Waals surface area (Å²) in [5, 5.41) is 2.57. The number of rotatable bonds is 6. The van der Waals surface area contributed by atoms with E-state index in [1.165, 1.54) is 30.0 Å². The highest BCUT2D eigenvalue weighted by atomic mass is 32.2. The van der Waals surface area contributed by atoms with Crippen LogP contribution in [0.3, 0.4) is 0 Å². The molecule has 2 amide bonds. The Hall–Kier alpha value is -3.19. The van der Waals surface area contributed by atoms with Gasteiger partial charge in [-0.15, -0.1) is 11.8 Å². The Kier molecular flexibility index (Phi) is 6.55. The highest BCUT2D eigenvalue weighted by molar-refractivity contribution is 8.00. The number of hydrogen-bond acceptors (Lipinski definition) is 3. The Morgan fingerprint density at radius 2 is 1.84 bits per heavy atom. The summed E-state index contributed by atoms with van der Waals surface area (Å²) in [6.07, 6.45) is 0.397. The molecule has 4 nitrogen and oxygen atoms in total. The molecule has 0 saturated carbocycles. The van der Waals surface area contributed by atoms with Gasteiger partial charge in [-0.25, -0.2) is 8.78 Å². The third-order valence-corrected chi connectivity index (χ3v) is 6.59. The summed E-state index contributed by atoms with van der Waals surface area (Å²) in [6, 6.07) is 17.8. The number of hydrogen-bond donors (Lipinski definition) is 1. The Bertz CT molecular complexity index is 1150. The SMILES string of the molecule is Cc1cc(C(=O)NCCc2ccccc2F)ccc1N1C(=O)CSC1c1ccc(F)cc1. The van der Waals surface area contributed by atoms with E-state index in [2.05, 4.69) is 5.32 Å². The molecule has 1 aliphatic rings. The lowest BCUT2D eigenvalue weighted by atomic mass is 10.1. The van der Waals surface area contributed by atoms with Crippen LogP contribution in [0.25, 0.3) is 0 Å². The second-order valence-corrected chi connectivity index (χ2v) is 8.65. The summed E-state index contributed by atoms with van der Waals surface area (Å²) < 4.78 is 27.0. The van der Waals surface area contributed by atoms with Crippen LogP contribution in [0.15, 0.2) is 66.7 Å². The van der Waals surface area contributed by atoms with Gasteiger partial charge in [0.2, 0.25) is 5.91 Å². The number of thioether (sulfide) groups is 1. The molecule has 164 valence electrons. The number of benzene rings is 3. The molecule has 32 heavy (non-hydrogen) atoms. The first-order valence-corrected chi connectivity index (χ1v) is 11.3. The zero-order valence-corrected chi connectivity index (χ0v) is 18.3. The quantitative estimate of drug-likeness (QED) is 0.571. The van der Waals surface area contributed by atoms with E-state index in [1.807, 2.05) is 6.92 Å². The molecule has 0 spiro atoms. The van der Waals surface area contributed by atoms with Gasteiger partial charge in [0.15, 0.2) is 0 Å². The average Bonchev–Trinajstić information content (AvgIpc) is 3.16. The van der Waals surface area contributed by atoms with Crippen molar-refractivity contribution in [2.24, 2.45) is 0 Å². The highest BCUT2D eigenvalue weighted by Gasteiger charge is 2.34. The lowest BCUT2D eigenvalue weighted by Gasteiger charge is -2.26. The molecule has 3 aromatic carbocycles. The summed E-state index contributed by atoms with van der Waals surface area (Å²) in [5.41, 5.74) is 3.37. The topological polar surface area (TPSA) is 49.4 Å². The van der Waals surface area contributed by atoms with E-state index in [-0.39, 0.29) is 28.8 Å². The number of carbonyl (C=O) groups excluding carboxylic acids is 2. The molecule has 3 aromatic rings. The molecule has 1 aliphatic heterocycles. The summed E-state index contributed by atoms with van der Waals surface area (Å²) in [6.45, 7) is 2.16. The maximum atomic E-state index is 13.7. The van der Waals surface area contributed by atoms with E-state index in [0.29, 0.717) is 29.8 Å². The molecule has 0 radical (unpaired) electrons. The van der Waals surface area contributed by atoms with Crippen molar-refractivity contribution in [1.82, 2.24) is 5.32 Å². The van der Waals surface area contributed by atoms with Crippen LogP contribution < -0.4 is 10.2 Å². The van der Waals surface area contributed by atoms with Crippen LogP contribution in [0.4, 0.5) is 14.5 Å². The number of aryl methyl sites for hydroxylation is 1. The van der Waals surface area contributed by atoms with Crippen molar-refractivity contribution in [3.63, 3.8) is 0 Å². The van der Waals surface area contributed by atoms with Gasteiger partial charge in [0, 0.05) is 17.8 Å². The van der Waals surface area contributed by atoms with Crippen LogP contribution in [-0.2, 0) is 11.2 Å². The van der Waals surface area contributed by atoms with Crippen molar-refractivity contribution in [3.8, 4) is 0 Å². The van der Waals surface area contributed by atoms with Gasteiger partial charge >= 0.3 is 0 Å². The van der Waals surface area contributed by atoms with Crippen molar-refractivity contribution < 1.29 is 18.4 Å². The highest BCUT2D eigenvalue weighted by Crippen LogP contribution is 2.42. The first kappa shape index (κ1) is 22.0. The minimum Gasteiger partial charge on any atom is -0.352 e. The Balaban J connectivity index is 1.47. The third-order valence-electron chi connectivity index (χ3n) is 5.38. The molecule has 1 heterocycles. The van der Waals surface area contributed by atoms with Crippen LogP contribution in [-0.4, -0.2) is 24.1 Å². The Morgan fingerprint density at radius 3 is 2.56 bits per heavy atom. The maximum absolute atomic E-state index is 13.7. The monoisotopic (exact) mass is 452 g/mol. The molecule has 0 aromatic heterocycles. The smallest absolute Gasteiger partial charge is 0.251 e. The van der Waals surface area contributed by atoms with E-state index in [0.717, 1.165) is 16.8 Å². The largest absolute Gasteiger partial charge is 0.352 e. The van der Waals surface area contributed by atoms with Crippen LogP contribution in [0.5, 0.6) is 0 Å². The second-order valence-electron chi connectivity index (χ2n) is 7.58. The minimum atomic E-state index is -0.323. The molecule has 1 N–H and O–H groups in total. The molecule has 4 rings (SSSR count). The average molecular weight is 453 g/mol. The number of carbonyl (C=O) groups is 2. The molecule has 0 bridgehead atoms. The number of nitrogens with zero attached hydrogens (tertiary/aromatic N) is 1. The summed E-state index contributed by atoms with van der Waals surface area (Å²) >= 11 is 1.49. The third kappa shape index (κ3) is 4.67. The molecule has 1 fully saturated rings. The van der Waals surface area contributed by atoms with Gasteiger partial charge in [-0.3, -0.25) is 14.5 Å². The van der Waals surface area contributed by atoms with Crippen molar-refractivity contribution in [1.29, 1.82) is 0 Å². The summed E-state index contributed by atoms with van der Waals surface area (Å²) in [7, 11) is 0. The van der Waals surface area contributed by atoms with Crippen LogP contribution in [0.2, 0.25) is 0 Å². The normalized spacial score (nSPS) is 15.8. The van der Waals surface area contributed by atoms with Gasteiger partial charge in [0.25, 0.3) is 5.91 Å². The van der Waals surface area contributed by atoms with Crippen LogP contribution >= 0.6 is 11.8 Å². The van der Waals surface area contributed by atoms with Gasteiger partial charge in [0.05, 0.1) is 5.75 Å². The van der Waals surface area contributed by atoms with E-state index < -0.39 is 0 Å². The van der Waals surface area contributed by atoms with Gasteiger partial charge in [0.1, 0.15) is 17.0 Å². The van der Waals surface area contributed by atoms with E-state index in [1.54, 1.807) is 53.4 Å². The van der Waals surface area contributed by atoms with E-state index in [9.17, 15) is 18.4 Å². The predicted octanol–water partition coefficient (Wildman–Crippen LogP) is 5.02. The lowest BCUT2D eigenvalue weighted by Crippen LogP contribution is -2.29. The number of anilines is 1. The van der Waals surface area contributed by atoms with Crippen LogP contribution in [0, 0.1) is 18.6 Å². The van der Waals surface area contributed by atoms with Gasteiger partial charge < -0.3 is 5.32 Å². The maximum Gasteiger partial charge on any atom is 0.251 e. The molecular weight excluding hydrogens is 430 g/mol. The zero-order chi connectivity index (χ0) is 22.7. The van der Waals surface area contributed by atoms with Gasteiger partial charge in [-0.1, -0.05) is 30.3 Å². The molecule has 0 aliphatic carbocycles. The van der Waals surface area contributed by atoms with Gasteiger partial charge in [-0.2, -0.15) is 0 Å². The van der Waals surface area contributed by atoms with E-state index in [4.69, 9.17) is 0 Å². The summed E-state index contributed by atoms with van der Waals surface area (Å²) in [4.78, 5) is 26.9. The Labute approximate surface area is 189 Å². The molecular formula is C25H22F2N2O2S. The fourth-order valence-electron chi connectivity index (χ4n) is 3.74. The number of halogens is 2. The van der Waals surface area contributed by atoms with Gasteiger partial charge in [-0.05, 0) is 66.4 Å². The number of amides is 2. The molecule has 1 atom stereocenters. The van der Waals surface area contributed by atoms with E-state index >= 15 is 0 Å². The van der Waals surface area contributed by atoms with Crippen LogP contribution in [0.1, 0.15) is 32.4 Å². The van der Waals surface area contributed by atoms with Crippen molar-refractivity contribution in [3.05, 3.63) is 101 Å². The number of nitrogens with one attached hydrogen (secondary N) is 1. The molecule has 1 unspecified atom stereocenters. The first-order chi connectivity index (χ1) is 15.4. The first-order valence-electron chi connectivity index (χ1n) is 10.3. The predicted molar refractivity (Wildman–Crippen MR) is 123 cm³/mol. The minimum absolute atomic E-state index is 0.0329. The lowest BCUT2D eigenvalue weighted by molar-refractivity contribution is -0.115. The van der Waals surface area contributed by atoms with Crippen molar-refractivity contribution in [2.45, 2.75) is 18.7 Å². The van der Waals surface area contributed by atoms with Crippen molar-refractivity contribution >= 4 is 29.3 Å². The second kappa shape index (κ2) is 9.53. The fourth-order valence-corrected chi connectivity index (χ4v) is 4.91.